The summed E-state index contributed by atoms with van der Waals surface area (Å²) in [5, 5.41) is 6.93. The minimum atomic E-state index is -0.163. The van der Waals surface area contributed by atoms with Gasteiger partial charge in [0.05, 0.1) is 0 Å². The summed E-state index contributed by atoms with van der Waals surface area (Å²) in [5.74, 6) is -0.254. The van der Waals surface area contributed by atoms with E-state index in [0.717, 1.165) is 39.6 Å². The lowest BCUT2D eigenvalue weighted by Gasteiger charge is -2.24. The Bertz CT molecular complexity index is 1220. The van der Waals surface area contributed by atoms with Gasteiger partial charge in [-0.2, -0.15) is 0 Å². The number of amides is 2. The summed E-state index contributed by atoms with van der Waals surface area (Å²) in [6, 6.07) is 14.6. The van der Waals surface area contributed by atoms with Crippen molar-refractivity contribution in [1.29, 1.82) is 0 Å². The van der Waals surface area contributed by atoms with Gasteiger partial charge in [0, 0.05) is 46.9 Å². The SMILES string of the molecule is CC1=C(CNC(=O)c2cc(-c3ccccc3)cc3c2c(C)cn3C(C)C)C(=O)NC(C)C1. The number of carbonyl (C=O) groups is 2. The van der Waals surface area contributed by atoms with E-state index in [9.17, 15) is 9.59 Å². The van der Waals surface area contributed by atoms with E-state index >= 15 is 0 Å². The van der Waals surface area contributed by atoms with Crippen LogP contribution in [-0.2, 0) is 4.79 Å². The summed E-state index contributed by atoms with van der Waals surface area (Å²) in [6.07, 6.45) is 2.92. The number of aromatic nitrogens is 1. The van der Waals surface area contributed by atoms with Crippen LogP contribution in [0.15, 0.2) is 59.8 Å². The van der Waals surface area contributed by atoms with Gasteiger partial charge in [0.2, 0.25) is 5.91 Å². The average Bonchev–Trinajstić information content (AvgIpc) is 3.09. The largest absolute Gasteiger partial charge is 0.349 e. The third kappa shape index (κ3) is 4.07. The second-order valence-electron chi connectivity index (χ2n) is 9.12. The third-order valence-electron chi connectivity index (χ3n) is 6.24. The highest BCUT2D eigenvalue weighted by Gasteiger charge is 2.24. The number of nitrogens with zero attached hydrogens (tertiary/aromatic N) is 1. The number of benzene rings is 2. The summed E-state index contributed by atoms with van der Waals surface area (Å²) in [7, 11) is 0. The van der Waals surface area contributed by atoms with Crippen molar-refractivity contribution in [3.63, 3.8) is 0 Å². The van der Waals surface area contributed by atoms with E-state index < -0.39 is 0 Å². The topological polar surface area (TPSA) is 63.1 Å². The van der Waals surface area contributed by atoms with Gasteiger partial charge in [0.1, 0.15) is 0 Å². The number of carbonyl (C=O) groups excluding carboxylic acids is 2. The molecule has 1 unspecified atom stereocenters. The Balaban J connectivity index is 1.76. The van der Waals surface area contributed by atoms with Crippen molar-refractivity contribution in [1.82, 2.24) is 15.2 Å². The van der Waals surface area contributed by atoms with Crippen LogP contribution in [0.25, 0.3) is 22.0 Å². The Hall–Kier alpha value is -3.34. The molecule has 0 spiro atoms. The fourth-order valence-electron chi connectivity index (χ4n) is 4.62. The zero-order valence-corrected chi connectivity index (χ0v) is 19.5. The second-order valence-corrected chi connectivity index (χ2v) is 9.12. The zero-order valence-electron chi connectivity index (χ0n) is 19.5. The molecule has 5 heteroatoms. The van der Waals surface area contributed by atoms with Crippen LogP contribution in [-0.4, -0.2) is 29.0 Å². The zero-order chi connectivity index (χ0) is 23.0. The normalized spacial score (nSPS) is 16.6. The van der Waals surface area contributed by atoms with Crippen LogP contribution >= 0.6 is 0 Å². The Morgan fingerprint density at radius 2 is 1.88 bits per heavy atom. The Morgan fingerprint density at radius 3 is 2.53 bits per heavy atom. The molecule has 1 atom stereocenters. The first kappa shape index (κ1) is 21.9. The molecule has 4 rings (SSSR count). The molecule has 1 aliphatic heterocycles. The molecule has 0 saturated heterocycles. The van der Waals surface area contributed by atoms with Gasteiger partial charge in [0.25, 0.3) is 5.91 Å². The predicted molar refractivity (Wildman–Crippen MR) is 130 cm³/mol. The first-order chi connectivity index (χ1) is 15.3. The molecule has 3 aromatic rings. The van der Waals surface area contributed by atoms with Crippen LogP contribution in [0.4, 0.5) is 0 Å². The summed E-state index contributed by atoms with van der Waals surface area (Å²) in [5.41, 5.74) is 6.51. The van der Waals surface area contributed by atoms with Crippen molar-refractivity contribution in [2.45, 2.75) is 53.1 Å². The molecule has 2 N–H and O–H groups in total. The van der Waals surface area contributed by atoms with Gasteiger partial charge >= 0.3 is 0 Å². The molecular formula is C27H31N3O2. The first-order valence-corrected chi connectivity index (χ1v) is 11.2. The third-order valence-corrected chi connectivity index (χ3v) is 6.24. The summed E-state index contributed by atoms with van der Waals surface area (Å²) < 4.78 is 2.22. The predicted octanol–water partition coefficient (Wildman–Crippen LogP) is 5.15. The molecule has 2 aromatic carbocycles. The van der Waals surface area contributed by atoms with E-state index in [0.29, 0.717) is 11.1 Å². The lowest BCUT2D eigenvalue weighted by Crippen LogP contribution is -2.41. The Labute approximate surface area is 189 Å². The number of hydrogen-bond acceptors (Lipinski definition) is 2. The average molecular weight is 430 g/mol. The van der Waals surface area contributed by atoms with Crippen molar-refractivity contribution in [3.05, 3.63) is 70.9 Å². The molecule has 0 aliphatic carbocycles. The smallest absolute Gasteiger partial charge is 0.252 e. The van der Waals surface area contributed by atoms with Crippen LogP contribution in [0.5, 0.6) is 0 Å². The van der Waals surface area contributed by atoms with Crippen molar-refractivity contribution < 1.29 is 9.59 Å². The summed E-state index contributed by atoms with van der Waals surface area (Å²) in [6.45, 7) is 10.5. The van der Waals surface area contributed by atoms with Crippen molar-refractivity contribution in [2.24, 2.45) is 0 Å². The number of fused-ring (bicyclic) bond motifs is 1. The molecule has 2 amide bonds. The van der Waals surface area contributed by atoms with E-state index in [-0.39, 0.29) is 30.4 Å². The maximum absolute atomic E-state index is 13.4. The summed E-state index contributed by atoms with van der Waals surface area (Å²) in [4.78, 5) is 25.8. The van der Waals surface area contributed by atoms with Gasteiger partial charge in [-0.05, 0) is 69.9 Å². The van der Waals surface area contributed by atoms with Crippen LogP contribution < -0.4 is 10.6 Å². The molecule has 1 aromatic heterocycles. The standard InChI is InChI=1S/C27H31N3O2/c1-16(2)30-15-18(4)25-22(12-21(13-24(25)30)20-9-7-6-8-10-20)26(31)28-14-23-17(3)11-19(5)29-27(23)32/h6-10,12-13,15-16,19H,11,14H2,1-5H3,(H,28,31)(H,29,32). The van der Waals surface area contributed by atoms with Crippen LogP contribution in [0.1, 0.15) is 56.1 Å². The van der Waals surface area contributed by atoms with E-state index in [2.05, 4.69) is 53.4 Å². The number of hydrogen-bond donors (Lipinski definition) is 2. The van der Waals surface area contributed by atoms with Gasteiger partial charge in [-0.3, -0.25) is 9.59 Å². The summed E-state index contributed by atoms with van der Waals surface area (Å²) >= 11 is 0. The molecule has 1 aliphatic rings. The van der Waals surface area contributed by atoms with E-state index in [1.54, 1.807) is 0 Å². The lowest BCUT2D eigenvalue weighted by molar-refractivity contribution is -0.118. The number of rotatable bonds is 5. The van der Waals surface area contributed by atoms with Crippen molar-refractivity contribution >= 4 is 22.7 Å². The van der Waals surface area contributed by atoms with Gasteiger partial charge in [0.15, 0.2) is 0 Å². The van der Waals surface area contributed by atoms with Gasteiger partial charge in [-0.1, -0.05) is 35.9 Å². The van der Waals surface area contributed by atoms with E-state index in [4.69, 9.17) is 0 Å². The van der Waals surface area contributed by atoms with Crippen LogP contribution in [0.2, 0.25) is 0 Å². The van der Waals surface area contributed by atoms with E-state index in [1.165, 1.54) is 0 Å². The minimum absolute atomic E-state index is 0.0909. The molecular weight excluding hydrogens is 398 g/mol. The van der Waals surface area contributed by atoms with Gasteiger partial charge in [-0.25, -0.2) is 0 Å². The second kappa shape index (κ2) is 8.65. The highest BCUT2D eigenvalue weighted by atomic mass is 16.2. The molecule has 2 heterocycles. The number of nitrogens with one attached hydrogen (secondary N) is 2. The molecule has 5 nitrogen and oxygen atoms in total. The van der Waals surface area contributed by atoms with Gasteiger partial charge < -0.3 is 15.2 Å². The molecule has 0 radical (unpaired) electrons. The Morgan fingerprint density at radius 1 is 1.16 bits per heavy atom. The van der Waals surface area contributed by atoms with Crippen LogP contribution in [0, 0.1) is 6.92 Å². The highest BCUT2D eigenvalue weighted by Crippen LogP contribution is 2.33. The van der Waals surface area contributed by atoms with Crippen LogP contribution in [0.3, 0.4) is 0 Å². The van der Waals surface area contributed by atoms with E-state index in [1.807, 2.05) is 45.0 Å². The maximum atomic E-state index is 13.4. The van der Waals surface area contributed by atoms with Crippen molar-refractivity contribution in [2.75, 3.05) is 6.54 Å². The molecule has 32 heavy (non-hydrogen) atoms. The lowest BCUT2D eigenvalue weighted by atomic mass is 9.96. The minimum Gasteiger partial charge on any atom is -0.349 e. The first-order valence-electron chi connectivity index (χ1n) is 11.2. The van der Waals surface area contributed by atoms with Gasteiger partial charge in [-0.15, -0.1) is 0 Å². The molecule has 0 bridgehead atoms. The number of aryl methyl sites for hydroxylation is 1. The molecule has 166 valence electrons. The molecule has 0 fully saturated rings. The quantitative estimate of drug-likeness (QED) is 0.589. The fraction of sp³-hybridized carbons (Fsp3) is 0.333. The highest BCUT2D eigenvalue weighted by molar-refractivity contribution is 6.10. The van der Waals surface area contributed by atoms with Crippen molar-refractivity contribution in [3.8, 4) is 11.1 Å². The fourth-order valence-corrected chi connectivity index (χ4v) is 4.62. The maximum Gasteiger partial charge on any atom is 0.252 e. The molecule has 0 saturated carbocycles. The Kier molecular flexibility index (Phi) is 5.92. The monoisotopic (exact) mass is 429 g/mol.